The number of aryl methyl sites for hydroxylation is 1. The van der Waals surface area contributed by atoms with Crippen molar-refractivity contribution >= 4 is 29.3 Å². The summed E-state index contributed by atoms with van der Waals surface area (Å²) in [4.78, 5) is 30.8. The van der Waals surface area contributed by atoms with E-state index in [4.69, 9.17) is 0 Å². The first-order chi connectivity index (χ1) is 12.6. The molecular weight excluding hydrogens is 348 g/mol. The smallest absolute Gasteiger partial charge is 0.247 e. The Balaban J connectivity index is 1.52. The predicted molar refractivity (Wildman–Crippen MR) is 99.8 cm³/mol. The number of aromatic nitrogens is 3. The van der Waals surface area contributed by atoms with E-state index in [1.165, 1.54) is 16.7 Å². The maximum atomic E-state index is 12.7. The number of rotatable bonds is 4. The molecule has 1 fully saturated rings. The van der Waals surface area contributed by atoms with Crippen molar-refractivity contribution < 1.29 is 9.59 Å². The molecule has 7 heteroatoms. The summed E-state index contributed by atoms with van der Waals surface area (Å²) in [5.41, 5.74) is 2.53. The van der Waals surface area contributed by atoms with Crippen LogP contribution in [0.3, 0.4) is 0 Å². The first-order valence-electron chi connectivity index (χ1n) is 8.20. The molecule has 0 radical (unpaired) electrons. The zero-order chi connectivity index (χ0) is 18.1. The van der Waals surface area contributed by atoms with Gasteiger partial charge in [0, 0.05) is 12.0 Å². The fourth-order valence-electron chi connectivity index (χ4n) is 2.89. The molecule has 1 aliphatic rings. The van der Waals surface area contributed by atoms with Crippen LogP contribution in [-0.4, -0.2) is 32.2 Å². The number of H-pyrrole nitrogens is 1. The third-order valence-corrected chi connectivity index (χ3v) is 5.17. The van der Waals surface area contributed by atoms with Crippen LogP contribution in [0.2, 0.25) is 0 Å². The second-order valence-corrected chi connectivity index (χ2v) is 7.22. The van der Waals surface area contributed by atoms with Crippen molar-refractivity contribution in [1.82, 2.24) is 15.2 Å². The van der Waals surface area contributed by atoms with Crippen molar-refractivity contribution in [3.8, 4) is 11.4 Å². The van der Waals surface area contributed by atoms with Crippen molar-refractivity contribution in [3.05, 3.63) is 60.2 Å². The Kier molecular flexibility index (Phi) is 4.30. The lowest BCUT2D eigenvalue weighted by Gasteiger charge is -2.15. The summed E-state index contributed by atoms with van der Waals surface area (Å²) in [6.45, 7) is 1.93. The quantitative estimate of drug-likeness (QED) is 0.719. The normalized spacial score (nSPS) is 17.1. The van der Waals surface area contributed by atoms with E-state index in [9.17, 15) is 9.59 Å². The molecule has 2 aromatic carbocycles. The van der Waals surface area contributed by atoms with Crippen molar-refractivity contribution in [3.63, 3.8) is 0 Å². The van der Waals surface area contributed by atoms with Crippen LogP contribution in [0.25, 0.3) is 11.4 Å². The van der Waals surface area contributed by atoms with Crippen molar-refractivity contribution in [1.29, 1.82) is 0 Å². The Hall–Kier alpha value is -2.93. The fourth-order valence-corrected chi connectivity index (χ4v) is 3.81. The van der Waals surface area contributed by atoms with Crippen molar-refractivity contribution in [2.24, 2.45) is 0 Å². The fraction of sp³-hybridized carbons (Fsp3) is 0.158. The largest absolute Gasteiger partial charge is 0.274 e. The number of benzene rings is 2. The average Bonchev–Trinajstić information content (AvgIpc) is 3.21. The highest BCUT2D eigenvalue weighted by Gasteiger charge is 2.40. The number of carbonyl (C=O) groups is 2. The molecule has 1 atom stereocenters. The maximum Gasteiger partial charge on any atom is 0.247 e. The second kappa shape index (κ2) is 6.76. The molecular formula is C19H16N4O2S. The summed E-state index contributed by atoms with van der Waals surface area (Å²) in [6, 6.07) is 17.0. The van der Waals surface area contributed by atoms with Crippen LogP contribution in [0.4, 0.5) is 5.69 Å². The highest BCUT2D eigenvalue weighted by molar-refractivity contribution is 8.00. The predicted octanol–water partition coefficient (Wildman–Crippen LogP) is 3.20. The summed E-state index contributed by atoms with van der Waals surface area (Å²) in [7, 11) is 0. The summed E-state index contributed by atoms with van der Waals surface area (Å²) in [6.07, 6.45) is 0.145. The summed E-state index contributed by atoms with van der Waals surface area (Å²) in [5, 5.41) is 7.00. The molecule has 0 bridgehead atoms. The summed E-state index contributed by atoms with van der Waals surface area (Å²) in [5.74, 6) is 0.217. The van der Waals surface area contributed by atoms with Crippen LogP contribution in [0.5, 0.6) is 0 Å². The molecule has 1 aromatic heterocycles. The van der Waals surface area contributed by atoms with E-state index in [0.29, 0.717) is 16.7 Å². The van der Waals surface area contributed by atoms with Gasteiger partial charge < -0.3 is 0 Å². The van der Waals surface area contributed by atoms with Crippen molar-refractivity contribution in [2.75, 3.05) is 4.90 Å². The van der Waals surface area contributed by atoms with E-state index in [1.54, 1.807) is 6.07 Å². The van der Waals surface area contributed by atoms with E-state index >= 15 is 0 Å². The highest BCUT2D eigenvalue weighted by Crippen LogP contribution is 2.33. The van der Waals surface area contributed by atoms with Crippen LogP contribution < -0.4 is 4.90 Å². The van der Waals surface area contributed by atoms with Gasteiger partial charge in [0.15, 0.2) is 5.82 Å². The number of amides is 2. The number of anilines is 1. The molecule has 0 aliphatic carbocycles. The second-order valence-electron chi connectivity index (χ2n) is 6.05. The summed E-state index contributed by atoms with van der Waals surface area (Å²) < 4.78 is 0. The van der Waals surface area contributed by atoms with Crippen LogP contribution in [0.1, 0.15) is 12.0 Å². The molecule has 2 amide bonds. The number of imide groups is 1. The molecule has 1 aliphatic heterocycles. The number of nitrogens with one attached hydrogen (secondary N) is 1. The molecule has 3 aromatic rings. The molecule has 1 unspecified atom stereocenters. The molecule has 1 N–H and O–H groups in total. The third kappa shape index (κ3) is 3.13. The average molecular weight is 364 g/mol. The van der Waals surface area contributed by atoms with Gasteiger partial charge in [-0.05, 0) is 24.6 Å². The standard InChI is InChI=1S/C19H16N4O2S/c1-12-6-5-9-14(10-12)23-16(24)11-15(18(23)25)26-19-20-17(21-22-19)13-7-3-2-4-8-13/h2-10,15H,11H2,1H3,(H,20,21,22). The molecule has 130 valence electrons. The molecule has 0 saturated carbocycles. The molecule has 2 heterocycles. The Morgan fingerprint density at radius 3 is 2.69 bits per heavy atom. The number of nitrogens with zero attached hydrogens (tertiary/aromatic N) is 3. The monoisotopic (exact) mass is 364 g/mol. The Labute approximate surface area is 154 Å². The Bertz CT molecular complexity index is 970. The number of hydrogen-bond donors (Lipinski definition) is 1. The maximum absolute atomic E-state index is 12.7. The molecule has 6 nitrogen and oxygen atoms in total. The molecule has 26 heavy (non-hydrogen) atoms. The number of hydrogen-bond acceptors (Lipinski definition) is 5. The summed E-state index contributed by atoms with van der Waals surface area (Å²) >= 11 is 1.22. The minimum absolute atomic E-state index is 0.145. The lowest BCUT2D eigenvalue weighted by atomic mass is 10.2. The van der Waals surface area contributed by atoms with E-state index < -0.39 is 5.25 Å². The first kappa shape index (κ1) is 16.5. The van der Waals surface area contributed by atoms with Gasteiger partial charge in [-0.25, -0.2) is 9.88 Å². The minimum atomic E-state index is -0.512. The Morgan fingerprint density at radius 1 is 1.12 bits per heavy atom. The minimum Gasteiger partial charge on any atom is -0.274 e. The zero-order valence-corrected chi connectivity index (χ0v) is 14.9. The van der Waals surface area contributed by atoms with E-state index in [-0.39, 0.29) is 18.2 Å². The molecule has 0 spiro atoms. The molecule has 1 saturated heterocycles. The SMILES string of the molecule is Cc1cccc(N2C(=O)CC(Sc3n[nH]c(-c4ccccc4)n3)C2=O)c1. The van der Waals surface area contributed by atoms with Gasteiger partial charge >= 0.3 is 0 Å². The van der Waals surface area contributed by atoms with Gasteiger partial charge in [0.05, 0.1) is 5.69 Å². The van der Waals surface area contributed by atoms with Gasteiger partial charge in [0.1, 0.15) is 5.25 Å². The van der Waals surface area contributed by atoms with Gasteiger partial charge in [-0.1, -0.05) is 54.2 Å². The topological polar surface area (TPSA) is 79.0 Å². The van der Waals surface area contributed by atoms with Gasteiger partial charge in [0.2, 0.25) is 17.0 Å². The van der Waals surface area contributed by atoms with Gasteiger partial charge in [-0.3, -0.25) is 14.7 Å². The lowest BCUT2D eigenvalue weighted by molar-refractivity contribution is -0.121. The van der Waals surface area contributed by atoms with E-state index in [2.05, 4.69) is 15.2 Å². The highest BCUT2D eigenvalue weighted by atomic mass is 32.2. The van der Waals surface area contributed by atoms with Gasteiger partial charge in [-0.2, -0.15) is 0 Å². The van der Waals surface area contributed by atoms with Gasteiger partial charge in [0.25, 0.3) is 0 Å². The number of aromatic amines is 1. The van der Waals surface area contributed by atoms with Crippen molar-refractivity contribution in [2.45, 2.75) is 23.8 Å². The van der Waals surface area contributed by atoms with Crippen LogP contribution in [0, 0.1) is 6.92 Å². The van der Waals surface area contributed by atoms with E-state index in [1.807, 2.05) is 55.5 Å². The molecule has 4 rings (SSSR count). The lowest BCUT2D eigenvalue weighted by Crippen LogP contribution is -2.31. The van der Waals surface area contributed by atoms with Crippen LogP contribution in [-0.2, 0) is 9.59 Å². The van der Waals surface area contributed by atoms with Crippen LogP contribution >= 0.6 is 11.8 Å². The van der Waals surface area contributed by atoms with Gasteiger partial charge in [-0.15, -0.1) is 5.10 Å². The van der Waals surface area contributed by atoms with Crippen LogP contribution in [0.15, 0.2) is 59.8 Å². The first-order valence-corrected chi connectivity index (χ1v) is 9.08. The number of thioether (sulfide) groups is 1. The Morgan fingerprint density at radius 2 is 1.92 bits per heavy atom. The van der Waals surface area contributed by atoms with E-state index in [0.717, 1.165) is 11.1 Å². The zero-order valence-electron chi connectivity index (χ0n) is 14.0. The number of carbonyl (C=O) groups excluding carboxylic acids is 2. The third-order valence-electron chi connectivity index (χ3n) is 4.12.